The maximum absolute atomic E-state index is 11.1. The number of nitrogens with zero attached hydrogens (tertiary/aromatic N) is 1. The Kier molecular flexibility index (Phi) is 9.09. The molecule has 0 heterocycles. The molecule has 102 valence electrons. The summed E-state index contributed by atoms with van der Waals surface area (Å²) in [5, 5.41) is 12.2. The molecule has 0 fully saturated rings. The average molecular weight is 244 g/mol. The standard InChI is InChI=1S/C13H28N2O2/c1-5-8-14-12(13(16)17)7-10-15(9-6-2)11(3)4/h11-12,14H,5-10H2,1-4H3,(H,16,17). The molecule has 1 atom stereocenters. The molecular weight excluding hydrogens is 216 g/mol. The largest absolute Gasteiger partial charge is 0.480 e. The van der Waals surface area contributed by atoms with E-state index >= 15 is 0 Å². The van der Waals surface area contributed by atoms with Crippen LogP contribution in [0.5, 0.6) is 0 Å². The van der Waals surface area contributed by atoms with Gasteiger partial charge in [0.25, 0.3) is 0 Å². The topological polar surface area (TPSA) is 52.6 Å². The number of carboxylic acid groups (broad SMARTS) is 1. The molecule has 0 aliphatic rings. The van der Waals surface area contributed by atoms with Gasteiger partial charge in [-0.2, -0.15) is 0 Å². The summed E-state index contributed by atoms with van der Waals surface area (Å²) in [5.74, 6) is -0.737. The fraction of sp³-hybridized carbons (Fsp3) is 0.923. The van der Waals surface area contributed by atoms with Crippen molar-refractivity contribution in [3.63, 3.8) is 0 Å². The van der Waals surface area contributed by atoms with E-state index in [0.717, 1.165) is 32.5 Å². The molecule has 4 nitrogen and oxygen atoms in total. The van der Waals surface area contributed by atoms with Crippen LogP contribution in [0.3, 0.4) is 0 Å². The van der Waals surface area contributed by atoms with Gasteiger partial charge in [0.2, 0.25) is 0 Å². The maximum Gasteiger partial charge on any atom is 0.320 e. The Morgan fingerprint density at radius 1 is 1.24 bits per heavy atom. The number of hydrogen-bond acceptors (Lipinski definition) is 3. The minimum absolute atomic E-state index is 0.409. The Morgan fingerprint density at radius 2 is 1.88 bits per heavy atom. The van der Waals surface area contributed by atoms with Gasteiger partial charge in [0.05, 0.1) is 0 Å². The zero-order chi connectivity index (χ0) is 13.3. The molecule has 0 aliphatic carbocycles. The molecule has 0 radical (unpaired) electrons. The summed E-state index contributed by atoms with van der Waals surface area (Å²) in [6.45, 7) is 11.2. The lowest BCUT2D eigenvalue weighted by molar-refractivity contribution is -0.139. The summed E-state index contributed by atoms with van der Waals surface area (Å²) in [5.41, 5.74) is 0. The molecular formula is C13H28N2O2. The first-order valence-electron chi connectivity index (χ1n) is 6.73. The van der Waals surface area contributed by atoms with Crippen LogP contribution in [0.25, 0.3) is 0 Å². The second-order valence-electron chi connectivity index (χ2n) is 4.76. The maximum atomic E-state index is 11.1. The number of carboxylic acids is 1. The van der Waals surface area contributed by atoms with Crippen molar-refractivity contribution in [1.29, 1.82) is 0 Å². The first kappa shape index (κ1) is 16.4. The lowest BCUT2D eigenvalue weighted by Gasteiger charge is -2.27. The van der Waals surface area contributed by atoms with Gasteiger partial charge in [0.15, 0.2) is 0 Å². The highest BCUT2D eigenvalue weighted by Crippen LogP contribution is 2.03. The van der Waals surface area contributed by atoms with E-state index in [1.54, 1.807) is 0 Å². The van der Waals surface area contributed by atoms with E-state index in [9.17, 15) is 4.79 Å². The quantitative estimate of drug-likeness (QED) is 0.617. The van der Waals surface area contributed by atoms with E-state index in [2.05, 4.69) is 31.0 Å². The SMILES string of the molecule is CCCNC(CCN(CCC)C(C)C)C(=O)O. The fourth-order valence-corrected chi connectivity index (χ4v) is 1.84. The molecule has 1 unspecified atom stereocenters. The van der Waals surface area contributed by atoms with Gasteiger partial charge in [-0.05, 0) is 46.2 Å². The van der Waals surface area contributed by atoms with Gasteiger partial charge in [-0.3, -0.25) is 4.79 Å². The summed E-state index contributed by atoms with van der Waals surface area (Å²) in [7, 11) is 0. The van der Waals surface area contributed by atoms with Crippen LogP contribution in [-0.2, 0) is 4.79 Å². The van der Waals surface area contributed by atoms with Crippen molar-refractivity contribution in [3.8, 4) is 0 Å². The van der Waals surface area contributed by atoms with Crippen molar-refractivity contribution in [1.82, 2.24) is 10.2 Å². The Hall–Kier alpha value is -0.610. The highest BCUT2D eigenvalue weighted by Gasteiger charge is 2.18. The highest BCUT2D eigenvalue weighted by molar-refractivity contribution is 5.73. The van der Waals surface area contributed by atoms with Crippen molar-refractivity contribution in [2.24, 2.45) is 0 Å². The predicted octanol–water partition coefficient (Wildman–Crippen LogP) is 1.95. The van der Waals surface area contributed by atoms with Gasteiger partial charge < -0.3 is 15.3 Å². The van der Waals surface area contributed by atoms with Crippen LogP contribution in [0.15, 0.2) is 0 Å². The molecule has 0 aromatic carbocycles. The lowest BCUT2D eigenvalue weighted by Crippen LogP contribution is -2.41. The van der Waals surface area contributed by atoms with E-state index in [1.807, 2.05) is 6.92 Å². The molecule has 0 aromatic rings. The summed E-state index contributed by atoms with van der Waals surface area (Å²) in [4.78, 5) is 13.4. The van der Waals surface area contributed by atoms with Crippen LogP contribution in [0.1, 0.15) is 47.0 Å². The first-order valence-corrected chi connectivity index (χ1v) is 6.73. The number of aliphatic carboxylic acids is 1. The lowest BCUT2D eigenvalue weighted by atomic mass is 10.1. The van der Waals surface area contributed by atoms with Crippen molar-refractivity contribution >= 4 is 5.97 Å². The van der Waals surface area contributed by atoms with Crippen LogP contribution in [0.4, 0.5) is 0 Å². The molecule has 0 amide bonds. The van der Waals surface area contributed by atoms with Crippen LogP contribution < -0.4 is 5.32 Å². The van der Waals surface area contributed by atoms with Gasteiger partial charge in [0, 0.05) is 12.6 Å². The third-order valence-electron chi connectivity index (χ3n) is 2.88. The zero-order valence-electron chi connectivity index (χ0n) is 11.7. The summed E-state index contributed by atoms with van der Waals surface area (Å²) < 4.78 is 0. The monoisotopic (exact) mass is 244 g/mol. The van der Waals surface area contributed by atoms with Crippen LogP contribution in [0.2, 0.25) is 0 Å². The van der Waals surface area contributed by atoms with Gasteiger partial charge in [-0.1, -0.05) is 13.8 Å². The van der Waals surface area contributed by atoms with Crippen molar-refractivity contribution in [2.45, 2.75) is 59.0 Å². The Balaban J connectivity index is 4.11. The molecule has 0 rings (SSSR count). The fourth-order valence-electron chi connectivity index (χ4n) is 1.84. The van der Waals surface area contributed by atoms with Crippen LogP contribution >= 0.6 is 0 Å². The third-order valence-corrected chi connectivity index (χ3v) is 2.88. The van der Waals surface area contributed by atoms with Crippen molar-refractivity contribution in [3.05, 3.63) is 0 Å². The zero-order valence-corrected chi connectivity index (χ0v) is 11.7. The summed E-state index contributed by atoms with van der Waals surface area (Å²) in [6.07, 6.45) is 2.75. The van der Waals surface area contributed by atoms with Gasteiger partial charge in [0.1, 0.15) is 6.04 Å². The highest BCUT2D eigenvalue weighted by atomic mass is 16.4. The Bertz CT molecular complexity index is 208. The minimum atomic E-state index is -0.737. The molecule has 4 heteroatoms. The Morgan fingerprint density at radius 3 is 2.29 bits per heavy atom. The minimum Gasteiger partial charge on any atom is -0.480 e. The molecule has 0 saturated heterocycles. The summed E-state index contributed by atoms with van der Waals surface area (Å²) >= 11 is 0. The van der Waals surface area contributed by atoms with E-state index < -0.39 is 12.0 Å². The van der Waals surface area contributed by atoms with Crippen molar-refractivity contribution < 1.29 is 9.90 Å². The average Bonchev–Trinajstić information content (AvgIpc) is 2.26. The molecule has 2 N–H and O–H groups in total. The van der Waals surface area contributed by atoms with Crippen molar-refractivity contribution in [2.75, 3.05) is 19.6 Å². The van der Waals surface area contributed by atoms with Gasteiger partial charge in [-0.25, -0.2) is 0 Å². The number of hydrogen-bond donors (Lipinski definition) is 2. The van der Waals surface area contributed by atoms with Gasteiger partial charge in [-0.15, -0.1) is 0 Å². The third kappa shape index (κ3) is 7.34. The second kappa shape index (κ2) is 9.42. The molecule has 0 spiro atoms. The Labute approximate surface area is 105 Å². The molecule has 17 heavy (non-hydrogen) atoms. The molecule has 0 aromatic heterocycles. The normalized spacial score (nSPS) is 13.3. The first-order chi connectivity index (χ1) is 8.02. The van der Waals surface area contributed by atoms with Crippen LogP contribution in [-0.4, -0.2) is 47.7 Å². The van der Waals surface area contributed by atoms with E-state index in [4.69, 9.17) is 5.11 Å². The molecule has 0 aliphatic heterocycles. The second-order valence-corrected chi connectivity index (χ2v) is 4.76. The molecule has 0 saturated carbocycles. The van der Waals surface area contributed by atoms with E-state index in [0.29, 0.717) is 12.5 Å². The van der Waals surface area contributed by atoms with Crippen LogP contribution in [0, 0.1) is 0 Å². The van der Waals surface area contributed by atoms with E-state index in [-0.39, 0.29) is 0 Å². The smallest absolute Gasteiger partial charge is 0.320 e. The number of carbonyl (C=O) groups is 1. The molecule has 0 bridgehead atoms. The predicted molar refractivity (Wildman–Crippen MR) is 71.3 cm³/mol. The van der Waals surface area contributed by atoms with E-state index in [1.165, 1.54) is 0 Å². The number of rotatable bonds is 10. The summed E-state index contributed by atoms with van der Waals surface area (Å²) in [6, 6.07) is 0.0728. The number of nitrogens with one attached hydrogen (secondary N) is 1. The van der Waals surface area contributed by atoms with Gasteiger partial charge >= 0.3 is 5.97 Å².